The normalized spacial score (nSPS) is 13.3. The SMILES string of the molecule is CC(C)C(O)c1ccn(CCCCCO)c1. The summed E-state index contributed by atoms with van der Waals surface area (Å²) in [6.07, 6.45) is 6.67. The monoisotopic (exact) mass is 225 g/mol. The van der Waals surface area contributed by atoms with Crippen LogP contribution in [0.5, 0.6) is 0 Å². The summed E-state index contributed by atoms with van der Waals surface area (Å²) in [5, 5.41) is 18.5. The lowest BCUT2D eigenvalue weighted by atomic mass is 10.0. The highest BCUT2D eigenvalue weighted by atomic mass is 16.3. The minimum absolute atomic E-state index is 0.255. The zero-order valence-corrected chi connectivity index (χ0v) is 10.3. The first-order valence-electron chi connectivity index (χ1n) is 6.09. The van der Waals surface area contributed by atoms with Crippen molar-refractivity contribution in [3.8, 4) is 0 Å². The predicted octanol–water partition coefficient (Wildman–Crippen LogP) is 2.34. The van der Waals surface area contributed by atoms with Crippen molar-refractivity contribution < 1.29 is 10.2 Å². The molecule has 3 heteroatoms. The van der Waals surface area contributed by atoms with E-state index in [1.54, 1.807) is 0 Å². The van der Waals surface area contributed by atoms with Crippen molar-refractivity contribution in [3.05, 3.63) is 24.0 Å². The molecule has 1 heterocycles. The van der Waals surface area contributed by atoms with Crippen LogP contribution in [0.4, 0.5) is 0 Å². The molecule has 2 N–H and O–H groups in total. The Morgan fingerprint density at radius 2 is 2.00 bits per heavy atom. The minimum Gasteiger partial charge on any atom is -0.396 e. The maximum absolute atomic E-state index is 9.87. The van der Waals surface area contributed by atoms with Crippen LogP contribution in [0.1, 0.15) is 44.8 Å². The molecule has 0 saturated carbocycles. The molecule has 0 aliphatic carbocycles. The number of aryl methyl sites for hydroxylation is 1. The van der Waals surface area contributed by atoms with Crippen molar-refractivity contribution in [2.45, 2.75) is 45.8 Å². The second-order valence-corrected chi connectivity index (χ2v) is 4.66. The maximum Gasteiger partial charge on any atom is 0.0827 e. The Hall–Kier alpha value is -0.800. The quantitative estimate of drug-likeness (QED) is 0.700. The van der Waals surface area contributed by atoms with Crippen LogP contribution >= 0.6 is 0 Å². The highest BCUT2D eigenvalue weighted by Gasteiger charge is 2.12. The van der Waals surface area contributed by atoms with Gasteiger partial charge >= 0.3 is 0 Å². The molecule has 1 rings (SSSR count). The Balaban J connectivity index is 2.39. The van der Waals surface area contributed by atoms with Crippen LogP contribution in [0.15, 0.2) is 18.5 Å². The zero-order chi connectivity index (χ0) is 12.0. The van der Waals surface area contributed by atoms with Crippen LogP contribution in [-0.2, 0) is 6.54 Å². The first-order chi connectivity index (χ1) is 7.65. The average molecular weight is 225 g/mol. The molecule has 0 spiro atoms. The minimum atomic E-state index is -0.362. The van der Waals surface area contributed by atoms with Crippen LogP contribution in [0.25, 0.3) is 0 Å². The molecule has 0 aromatic carbocycles. The number of nitrogens with zero attached hydrogens (tertiary/aromatic N) is 1. The van der Waals surface area contributed by atoms with Crippen molar-refractivity contribution in [1.82, 2.24) is 4.57 Å². The molecule has 1 aromatic rings. The molecule has 1 aromatic heterocycles. The van der Waals surface area contributed by atoms with Crippen LogP contribution in [0.2, 0.25) is 0 Å². The number of hydrogen-bond acceptors (Lipinski definition) is 2. The largest absolute Gasteiger partial charge is 0.396 e. The lowest BCUT2D eigenvalue weighted by molar-refractivity contribution is 0.127. The third-order valence-corrected chi connectivity index (χ3v) is 2.82. The van der Waals surface area contributed by atoms with Crippen LogP contribution in [0, 0.1) is 5.92 Å². The first-order valence-corrected chi connectivity index (χ1v) is 6.09. The van der Waals surface area contributed by atoms with Gasteiger partial charge in [0.15, 0.2) is 0 Å². The summed E-state index contributed by atoms with van der Waals surface area (Å²) in [5.74, 6) is 0.255. The summed E-state index contributed by atoms with van der Waals surface area (Å²) in [5.41, 5.74) is 0.997. The Morgan fingerprint density at radius 1 is 1.25 bits per heavy atom. The second kappa shape index (κ2) is 6.71. The van der Waals surface area contributed by atoms with E-state index < -0.39 is 0 Å². The number of aromatic nitrogens is 1. The molecule has 0 saturated heterocycles. The fourth-order valence-electron chi connectivity index (χ4n) is 1.74. The fraction of sp³-hybridized carbons (Fsp3) is 0.692. The average Bonchev–Trinajstić information content (AvgIpc) is 2.72. The van der Waals surface area contributed by atoms with Crippen LogP contribution in [0.3, 0.4) is 0 Å². The number of aliphatic hydroxyl groups is 2. The molecule has 1 atom stereocenters. The molecule has 0 bridgehead atoms. The van der Waals surface area contributed by atoms with E-state index in [0.29, 0.717) is 0 Å². The van der Waals surface area contributed by atoms with Gasteiger partial charge in [0.25, 0.3) is 0 Å². The molecule has 0 aliphatic heterocycles. The summed E-state index contributed by atoms with van der Waals surface area (Å²) in [7, 11) is 0. The lowest BCUT2D eigenvalue weighted by Crippen LogP contribution is -2.04. The Morgan fingerprint density at radius 3 is 2.62 bits per heavy atom. The molecule has 92 valence electrons. The van der Waals surface area contributed by atoms with Gasteiger partial charge in [0.1, 0.15) is 0 Å². The zero-order valence-electron chi connectivity index (χ0n) is 10.3. The molecular formula is C13H23NO2. The summed E-state index contributed by atoms with van der Waals surface area (Å²) >= 11 is 0. The van der Waals surface area contributed by atoms with Crippen LogP contribution < -0.4 is 0 Å². The summed E-state index contributed by atoms with van der Waals surface area (Å²) in [6.45, 7) is 5.28. The van der Waals surface area contributed by atoms with Gasteiger partial charge in [-0.15, -0.1) is 0 Å². The molecule has 0 radical (unpaired) electrons. The predicted molar refractivity (Wildman–Crippen MR) is 65.2 cm³/mol. The van der Waals surface area contributed by atoms with E-state index in [1.165, 1.54) is 0 Å². The Labute approximate surface area is 97.7 Å². The topological polar surface area (TPSA) is 45.4 Å². The van der Waals surface area contributed by atoms with Crippen molar-refractivity contribution >= 4 is 0 Å². The third kappa shape index (κ3) is 3.99. The van der Waals surface area contributed by atoms with Crippen LogP contribution in [-0.4, -0.2) is 21.4 Å². The van der Waals surface area contributed by atoms with Gasteiger partial charge in [-0.25, -0.2) is 0 Å². The Bertz CT molecular complexity index is 294. The van der Waals surface area contributed by atoms with Gasteiger partial charge in [-0.2, -0.15) is 0 Å². The van der Waals surface area contributed by atoms with Gasteiger partial charge in [-0.05, 0) is 36.8 Å². The number of hydrogen-bond donors (Lipinski definition) is 2. The molecule has 0 aliphatic rings. The van der Waals surface area contributed by atoms with Crippen molar-refractivity contribution in [2.24, 2.45) is 5.92 Å². The van der Waals surface area contributed by atoms with E-state index >= 15 is 0 Å². The molecule has 0 amide bonds. The van der Waals surface area contributed by atoms with Crippen molar-refractivity contribution in [3.63, 3.8) is 0 Å². The lowest BCUT2D eigenvalue weighted by Gasteiger charge is -2.12. The molecule has 16 heavy (non-hydrogen) atoms. The highest BCUT2D eigenvalue weighted by Crippen LogP contribution is 2.21. The molecule has 0 fully saturated rings. The van der Waals surface area contributed by atoms with Gasteiger partial charge in [-0.3, -0.25) is 0 Å². The van der Waals surface area contributed by atoms with E-state index in [9.17, 15) is 5.11 Å². The summed E-state index contributed by atoms with van der Waals surface area (Å²) < 4.78 is 2.11. The third-order valence-electron chi connectivity index (χ3n) is 2.82. The first kappa shape index (κ1) is 13.3. The van der Waals surface area contributed by atoms with E-state index in [4.69, 9.17) is 5.11 Å². The fourth-order valence-corrected chi connectivity index (χ4v) is 1.74. The molecule has 1 unspecified atom stereocenters. The van der Waals surface area contributed by atoms with Crippen molar-refractivity contribution in [2.75, 3.05) is 6.61 Å². The number of rotatable bonds is 7. The van der Waals surface area contributed by atoms with E-state index in [0.717, 1.165) is 31.4 Å². The van der Waals surface area contributed by atoms with Gasteiger partial charge < -0.3 is 14.8 Å². The summed E-state index contributed by atoms with van der Waals surface area (Å²) in [6, 6.07) is 1.98. The number of aliphatic hydroxyl groups excluding tert-OH is 2. The second-order valence-electron chi connectivity index (χ2n) is 4.66. The summed E-state index contributed by atoms with van der Waals surface area (Å²) in [4.78, 5) is 0. The maximum atomic E-state index is 9.87. The van der Waals surface area contributed by atoms with Crippen molar-refractivity contribution in [1.29, 1.82) is 0 Å². The van der Waals surface area contributed by atoms with E-state index in [1.807, 2.05) is 32.3 Å². The van der Waals surface area contributed by atoms with Gasteiger partial charge in [-0.1, -0.05) is 13.8 Å². The van der Waals surface area contributed by atoms with Gasteiger partial charge in [0.05, 0.1) is 6.10 Å². The smallest absolute Gasteiger partial charge is 0.0827 e. The van der Waals surface area contributed by atoms with E-state index in [2.05, 4.69) is 4.57 Å². The molecule has 3 nitrogen and oxygen atoms in total. The standard InChI is InChI=1S/C13H23NO2/c1-11(2)13(16)12-6-8-14(10-12)7-4-3-5-9-15/h6,8,10-11,13,15-16H,3-5,7,9H2,1-2H3. The van der Waals surface area contributed by atoms with E-state index in [-0.39, 0.29) is 18.6 Å². The molecular weight excluding hydrogens is 202 g/mol. The number of unbranched alkanes of at least 4 members (excludes halogenated alkanes) is 2. The van der Waals surface area contributed by atoms with Gasteiger partial charge in [0, 0.05) is 25.5 Å². The Kier molecular flexibility index (Phi) is 5.56. The highest BCUT2D eigenvalue weighted by molar-refractivity contribution is 5.13. The van der Waals surface area contributed by atoms with Gasteiger partial charge in [0.2, 0.25) is 0 Å².